The minimum Gasteiger partial charge on any atom is -0.397 e. The molecule has 1 aromatic rings. The van der Waals surface area contributed by atoms with E-state index in [0.29, 0.717) is 12.1 Å². The fourth-order valence-electron chi connectivity index (χ4n) is 2.69. The number of hydrogen-bond donors (Lipinski definition) is 2. The molecule has 19 heavy (non-hydrogen) atoms. The predicted octanol–water partition coefficient (Wildman–Crippen LogP) is 3.41. The summed E-state index contributed by atoms with van der Waals surface area (Å²) in [5.41, 5.74) is 10.7. The summed E-state index contributed by atoms with van der Waals surface area (Å²) in [5.74, 6) is 0. The topological polar surface area (TPSA) is 41.3 Å². The quantitative estimate of drug-likeness (QED) is 0.631. The van der Waals surface area contributed by atoms with Gasteiger partial charge in [0.05, 0.1) is 11.4 Å². The molecule has 0 amide bonds. The van der Waals surface area contributed by atoms with Gasteiger partial charge < -0.3 is 11.1 Å². The van der Waals surface area contributed by atoms with Gasteiger partial charge in [-0.2, -0.15) is 0 Å². The Bertz CT molecular complexity index is 475. The Labute approximate surface area is 116 Å². The second kappa shape index (κ2) is 5.66. The first-order chi connectivity index (χ1) is 9.00. The number of nitrogens with one attached hydrogen (secondary N) is 1. The van der Waals surface area contributed by atoms with Crippen molar-refractivity contribution >= 4 is 11.4 Å². The third kappa shape index (κ3) is 2.92. The van der Waals surface area contributed by atoms with Crippen LogP contribution in [-0.2, 0) is 0 Å². The highest BCUT2D eigenvalue weighted by Gasteiger charge is 2.26. The zero-order chi connectivity index (χ0) is 14.0. The van der Waals surface area contributed by atoms with Crippen molar-refractivity contribution in [1.29, 1.82) is 0 Å². The Balaban J connectivity index is 2.34. The lowest BCUT2D eigenvalue weighted by Crippen LogP contribution is -2.37. The number of nitrogens with zero attached hydrogens (tertiary/aromatic N) is 1. The molecule has 1 aliphatic heterocycles. The van der Waals surface area contributed by atoms with E-state index in [2.05, 4.69) is 50.1 Å². The summed E-state index contributed by atoms with van der Waals surface area (Å²) in [5, 5.41) is 3.50. The number of rotatable bonds is 2. The van der Waals surface area contributed by atoms with Gasteiger partial charge in [-0.25, -0.2) is 0 Å². The van der Waals surface area contributed by atoms with Gasteiger partial charge in [0.25, 0.3) is 0 Å². The molecule has 0 bridgehead atoms. The predicted molar refractivity (Wildman–Crippen MR) is 83.4 cm³/mol. The van der Waals surface area contributed by atoms with E-state index in [-0.39, 0.29) is 0 Å². The number of allylic oxidation sites excluding steroid dienone is 1. The van der Waals surface area contributed by atoms with Crippen LogP contribution in [0.15, 0.2) is 29.8 Å². The summed E-state index contributed by atoms with van der Waals surface area (Å²) in [6, 6.07) is 7.05. The molecule has 3 heteroatoms. The van der Waals surface area contributed by atoms with Gasteiger partial charge in [-0.05, 0) is 39.3 Å². The van der Waals surface area contributed by atoms with Crippen molar-refractivity contribution in [2.24, 2.45) is 0 Å². The summed E-state index contributed by atoms with van der Waals surface area (Å²) in [6.07, 6.45) is 2.30. The van der Waals surface area contributed by atoms with Crippen LogP contribution in [0.5, 0.6) is 0 Å². The highest BCUT2D eigenvalue weighted by molar-refractivity contribution is 5.71. The van der Waals surface area contributed by atoms with Gasteiger partial charge in [0, 0.05) is 25.2 Å². The molecule has 0 radical (unpaired) electrons. The summed E-state index contributed by atoms with van der Waals surface area (Å²) in [4.78, 5) is 2.52. The minimum atomic E-state index is 0.374. The van der Waals surface area contributed by atoms with Crippen LogP contribution in [0.2, 0.25) is 0 Å². The number of nitrogen functional groups attached to an aromatic ring is 1. The number of benzene rings is 1. The molecule has 0 aromatic heterocycles. The van der Waals surface area contributed by atoms with Crippen LogP contribution in [0.3, 0.4) is 0 Å². The van der Waals surface area contributed by atoms with E-state index in [9.17, 15) is 0 Å². The molecule has 0 saturated heterocycles. The van der Waals surface area contributed by atoms with E-state index in [1.54, 1.807) is 0 Å². The summed E-state index contributed by atoms with van der Waals surface area (Å²) in [7, 11) is 0. The second-order valence-electron chi connectivity index (χ2n) is 5.70. The molecular formula is C16H25N3. The van der Waals surface area contributed by atoms with Gasteiger partial charge in [-0.3, -0.25) is 4.90 Å². The molecule has 1 heterocycles. The van der Waals surface area contributed by atoms with Crippen LogP contribution in [0, 0.1) is 0 Å². The fraction of sp³-hybridized carbons (Fsp3) is 0.500. The first kappa shape index (κ1) is 13.9. The molecule has 2 rings (SSSR count). The van der Waals surface area contributed by atoms with E-state index in [1.165, 1.54) is 11.1 Å². The molecule has 3 N–H and O–H groups in total. The maximum Gasteiger partial charge on any atom is 0.0622 e. The van der Waals surface area contributed by atoms with Gasteiger partial charge in [-0.15, -0.1) is 0 Å². The standard InChI is InChI=1S/C16H25N3/c1-11(2)8-9-19-12(3)10-18-16-14(13(19)4)6-5-7-15(16)17/h5-8,12-13,18H,9-10,17H2,1-4H3/t12-,13+/m0/s1. The van der Waals surface area contributed by atoms with Gasteiger partial charge in [0.2, 0.25) is 0 Å². The van der Waals surface area contributed by atoms with Gasteiger partial charge in [0.15, 0.2) is 0 Å². The molecule has 0 unspecified atom stereocenters. The maximum absolute atomic E-state index is 6.09. The number of fused-ring (bicyclic) bond motifs is 1. The molecule has 0 fully saturated rings. The number of para-hydroxylation sites is 1. The fourth-order valence-corrected chi connectivity index (χ4v) is 2.69. The smallest absolute Gasteiger partial charge is 0.0622 e. The normalized spacial score (nSPS) is 23.2. The van der Waals surface area contributed by atoms with Crippen LogP contribution in [0.25, 0.3) is 0 Å². The van der Waals surface area contributed by atoms with Crippen molar-refractivity contribution in [3.63, 3.8) is 0 Å². The van der Waals surface area contributed by atoms with Gasteiger partial charge in [-0.1, -0.05) is 23.8 Å². The Morgan fingerprint density at radius 3 is 2.84 bits per heavy atom. The van der Waals surface area contributed by atoms with Crippen molar-refractivity contribution in [3.8, 4) is 0 Å². The first-order valence-electron chi connectivity index (χ1n) is 7.02. The van der Waals surface area contributed by atoms with Crippen LogP contribution in [0.4, 0.5) is 11.4 Å². The molecule has 1 aliphatic rings. The summed E-state index contributed by atoms with van der Waals surface area (Å²) in [6.45, 7) is 10.8. The zero-order valence-corrected chi connectivity index (χ0v) is 12.4. The molecule has 1 aromatic carbocycles. The minimum absolute atomic E-state index is 0.374. The van der Waals surface area contributed by atoms with Crippen molar-refractivity contribution in [2.75, 3.05) is 24.1 Å². The monoisotopic (exact) mass is 259 g/mol. The van der Waals surface area contributed by atoms with E-state index >= 15 is 0 Å². The average Bonchev–Trinajstić information content (AvgIpc) is 2.47. The van der Waals surface area contributed by atoms with E-state index in [1.807, 2.05) is 12.1 Å². The van der Waals surface area contributed by atoms with Crippen molar-refractivity contribution in [2.45, 2.75) is 39.8 Å². The molecule has 0 spiro atoms. The highest BCUT2D eigenvalue weighted by Crippen LogP contribution is 2.35. The molecule has 2 atom stereocenters. The summed E-state index contributed by atoms with van der Waals surface area (Å²) >= 11 is 0. The van der Waals surface area contributed by atoms with Gasteiger partial charge in [0.1, 0.15) is 0 Å². The lowest BCUT2D eigenvalue weighted by atomic mass is 10.0. The Morgan fingerprint density at radius 2 is 2.16 bits per heavy atom. The lowest BCUT2D eigenvalue weighted by Gasteiger charge is -2.31. The number of hydrogen-bond acceptors (Lipinski definition) is 3. The first-order valence-corrected chi connectivity index (χ1v) is 7.02. The molecule has 0 aliphatic carbocycles. The maximum atomic E-state index is 6.09. The molecule has 3 nitrogen and oxygen atoms in total. The summed E-state index contributed by atoms with van der Waals surface area (Å²) < 4.78 is 0. The Hall–Kier alpha value is -1.48. The number of anilines is 2. The Morgan fingerprint density at radius 1 is 1.42 bits per heavy atom. The average molecular weight is 259 g/mol. The van der Waals surface area contributed by atoms with Crippen LogP contribution >= 0.6 is 0 Å². The third-order valence-corrected chi connectivity index (χ3v) is 3.93. The largest absolute Gasteiger partial charge is 0.397 e. The lowest BCUT2D eigenvalue weighted by molar-refractivity contribution is 0.185. The van der Waals surface area contributed by atoms with Gasteiger partial charge >= 0.3 is 0 Å². The van der Waals surface area contributed by atoms with E-state index in [0.717, 1.165) is 24.5 Å². The van der Waals surface area contributed by atoms with Crippen LogP contribution in [0.1, 0.15) is 39.3 Å². The van der Waals surface area contributed by atoms with Crippen molar-refractivity contribution < 1.29 is 0 Å². The van der Waals surface area contributed by atoms with Crippen LogP contribution < -0.4 is 11.1 Å². The van der Waals surface area contributed by atoms with E-state index < -0.39 is 0 Å². The third-order valence-electron chi connectivity index (χ3n) is 3.93. The molecular weight excluding hydrogens is 234 g/mol. The number of nitrogens with two attached hydrogens (primary N) is 1. The Kier molecular flexibility index (Phi) is 4.15. The zero-order valence-electron chi connectivity index (χ0n) is 12.4. The second-order valence-corrected chi connectivity index (χ2v) is 5.70. The van der Waals surface area contributed by atoms with Crippen LogP contribution in [-0.4, -0.2) is 24.0 Å². The SMILES string of the molecule is CC(C)=CCN1[C@H](C)c2cccc(N)c2NC[C@@H]1C. The van der Waals surface area contributed by atoms with E-state index in [4.69, 9.17) is 5.73 Å². The van der Waals surface area contributed by atoms with Crippen molar-refractivity contribution in [1.82, 2.24) is 4.90 Å². The van der Waals surface area contributed by atoms with Crippen molar-refractivity contribution in [3.05, 3.63) is 35.4 Å². The molecule has 104 valence electrons. The molecule has 0 saturated carbocycles. The highest BCUT2D eigenvalue weighted by atomic mass is 15.2.